The van der Waals surface area contributed by atoms with Gasteiger partial charge in [0.15, 0.2) is 5.82 Å². The maximum atomic E-state index is 13.4. The number of amides is 1. The molecule has 2 aliphatic heterocycles. The molecule has 2 aromatic rings. The van der Waals surface area contributed by atoms with Gasteiger partial charge in [-0.2, -0.15) is 0 Å². The van der Waals surface area contributed by atoms with Crippen LogP contribution in [0.1, 0.15) is 68.3 Å². The highest BCUT2D eigenvalue weighted by atomic mass is 35.5. The summed E-state index contributed by atoms with van der Waals surface area (Å²) in [6.07, 6.45) is 6.44. The van der Waals surface area contributed by atoms with Crippen LogP contribution in [0.4, 0.5) is 0 Å². The molecule has 29 heavy (non-hydrogen) atoms. The summed E-state index contributed by atoms with van der Waals surface area (Å²) in [5, 5.41) is 8.91. The minimum absolute atomic E-state index is 0. The number of hydrogen-bond donors (Lipinski definition) is 1. The average Bonchev–Trinajstić information content (AvgIpc) is 3.17. The molecule has 0 bridgehead atoms. The lowest BCUT2D eigenvalue weighted by Gasteiger charge is -2.38. The quantitative estimate of drug-likeness (QED) is 0.784. The van der Waals surface area contributed by atoms with Gasteiger partial charge >= 0.3 is 0 Å². The zero-order chi connectivity index (χ0) is 18.8. The van der Waals surface area contributed by atoms with Crippen LogP contribution in [0.3, 0.4) is 0 Å². The van der Waals surface area contributed by atoms with Gasteiger partial charge in [-0.3, -0.25) is 4.79 Å². The summed E-state index contributed by atoms with van der Waals surface area (Å²) in [6.45, 7) is 3.69. The Morgan fingerprint density at radius 1 is 1.07 bits per heavy atom. The lowest BCUT2D eigenvalue weighted by molar-refractivity contribution is -0.140. The molecule has 0 aliphatic carbocycles. The SMILES string of the molecule is CC(C(=O)N1CCCCC1c1nnc2n1CCCC2)C(N)c1ccccc1.Cl.Cl. The molecule has 2 N–H and O–H groups in total. The number of fused-ring (bicyclic) bond motifs is 1. The first kappa shape index (κ1) is 23.6. The maximum absolute atomic E-state index is 13.4. The van der Waals surface area contributed by atoms with E-state index >= 15 is 0 Å². The van der Waals surface area contributed by atoms with Gasteiger partial charge in [0, 0.05) is 25.6 Å². The van der Waals surface area contributed by atoms with Gasteiger partial charge in [0.05, 0.1) is 12.0 Å². The van der Waals surface area contributed by atoms with E-state index in [1.807, 2.05) is 42.2 Å². The largest absolute Gasteiger partial charge is 0.332 e. The molecule has 6 nitrogen and oxygen atoms in total. The minimum atomic E-state index is -0.298. The van der Waals surface area contributed by atoms with Crippen molar-refractivity contribution in [2.24, 2.45) is 11.7 Å². The van der Waals surface area contributed by atoms with Gasteiger partial charge < -0.3 is 15.2 Å². The summed E-state index contributed by atoms with van der Waals surface area (Å²) in [7, 11) is 0. The number of halogens is 2. The van der Waals surface area contributed by atoms with Gasteiger partial charge in [-0.15, -0.1) is 35.0 Å². The Kier molecular flexibility index (Phi) is 8.49. The molecule has 160 valence electrons. The van der Waals surface area contributed by atoms with Crippen molar-refractivity contribution in [3.63, 3.8) is 0 Å². The van der Waals surface area contributed by atoms with Crippen LogP contribution in [0.25, 0.3) is 0 Å². The molecule has 1 amide bonds. The van der Waals surface area contributed by atoms with Crippen LogP contribution in [0.15, 0.2) is 30.3 Å². The van der Waals surface area contributed by atoms with E-state index in [0.717, 1.165) is 62.4 Å². The van der Waals surface area contributed by atoms with E-state index in [4.69, 9.17) is 5.73 Å². The lowest BCUT2D eigenvalue weighted by Crippen LogP contribution is -2.44. The van der Waals surface area contributed by atoms with Crippen molar-refractivity contribution in [1.82, 2.24) is 19.7 Å². The number of nitrogens with two attached hydrogens (primary N) is 1. The minimum Gasteiger partial charge on any atom is -0.332 e. The summed E-state index contributed by atoms with van der Waals surface area (Å²) in [4.78, 5) is 15.4. The van der Waals surface area contributed by atoms with Crippen LogP contribution in [0.5, 0.6) is 0 Å². The molecule has 3 unspecified atom stereocenters. The number of hydrogen-bond acceptors (Lipinski definition) is 4. The van der Waals surface area contributed by atoms with Gasteiger partial charge in [0.1, 0.15) is 5.82 Å². The number of carbonyl (C=O) groups excluding carboxylic acids is 1. The van der Waals surface area contributed by atoms with Crippen molar-refractivity contribution in [1.29, 1.82) is 0 Å². The summed E-state index contributed by atoms with van der Waals surface area (Å²) in [5.41, 5.74) is 7.45. The molecule has 0 radical (unpaired) electrons. The van der Waals surface area contributed by atoms with Gasteiger partial charge in [0.25, 0.3) is 0 Å². The monoisotopic (exact) mass is 439 g/mol. The molecule has 3 heterocycles. The van der Waals surface area contributed by atoms with E-state index in [2.05, 4.69) is 14.8 Å². The Morgan fingerprint density at radius 2 is 1.79 bits per heavy atom. The molecule has 3 atom stereocenters. The van der Waals surface area contributed by atoms with Crippen molar-refractivity contribution >= 4 is 30.7 Å². The number of aromatic nitrogens is 3. The molecule has 1 aromatic heterocycles. The van der Waals surface area contributed by atoms with Gasteiger partial charge in [0.2, 0.25) is 5.91 Å². The zero-order valence-corrected chi connectivity index (χ0v) is 18.5. The van der Waals surface area contributed by atoms with Crippen LogP contribution in [-0.2, 0) is 17.8 Å². The van der Waals surface area contributed by atoms with E-state index in [1.165, 1.54) is 6.42 Å². The zero-order valence-electron chi connectivity index (χ0n) is 16.9. The summed E-state index contributed by atoms with van der Waals surface area (Å²) >= 11 is 0. The number of nitrogens with zero attached hydrogens (tertiary/aromatic N) is 4. The molecular formula is C21H31Cl2N5O. The maximum Gasteiger partial charge on any atom is 0.227 e. The highest BCUT2D eigenvalue weighted by Crippen LogP contribution is 2.34. The van der Waals surface area contributed by atoms with Crippen LogP contribution in [0.2, 0.25) is 0 Å². The first-order valence-electron chi connectivity index (χ1n) is 10.2. The molecule has 8 heteroatoms. The van der Waals surface area contributed by atoms with Crippen molar-refractivity contribution in [3.05, 3.63) is 47.5 Å². The first-order chi connectivity index (χ1) is 13.2. The predicted octanol–water partition coefficient (Wildman–Crippen LogP) is 3.85. The molecule has 0 saturated carbocycles. The van der Waals surface area contributed by atoms with Crippen LogP contribution >= 0.6 is 24.8 Å². The lowest BCUT2D eigenvalue weighted by atomic mass is 9.92. The number of aryl methyl sites for hydroxylation is 1. The standard InChI is InChI=1S/C21H29N5O.2ClH/c1-15(19(22)16-9-3-2-4-10-16)21(27)25-13-7-5-11-17(25)20-24-23-18-12-6-8-14-26(18)20;;/h2-4,9-10,15,17,19H,5-8,11-14,22H2,1H3;2*1H. The van der Waals surface area contributed by atoms with E-state index in [0.29, 0.717) is 0 Å². The predicted molar refractivity (Wildman–Crippen MR) is 118 cm³/mol. The second kappa shape index (κ2) is 10.4. The fraction of sp³-hybridized carbons (Fsp3) is 0.571. The number of likely N-dealkylation sites (tertiary alicyclic amines) is 1. The Bertz CT molecular complexity index is 798. The number of carbonyl (C=O) groups is 1. The third-order valence-electron chi connectivity index (χ3n) is 6.08. The van der Waals surface area contributed by atoms with Crippen molar-refractivity contribution in [3.8, 4) is 0 Å². The third-order valence-corrected chi connectivity index (χ3v) is 6.08. The van der Waals surface area contributed by atoms with Crippen LogP contribution in [0, 0.1) is 5.92 Å². The van der Waals surface area contributed by atoms with E-state index < -0.39 is 0 Å². The molecule has 1 fully saturated rings. The molecule has 1 aromatic carbocycles. The summed E-state index contributed by atoms with van der Waals surface area (Å²) in [5.74, 6) is 1.91. The van der Waals surface area contributed by atoms with Crippen LogP contribution in [-0.4, -0.2) is 32.1 Å². The highest BCUT2D eigenvalue weighted by molar-refractivity contribution is 5.85. The van der Waals surface area contributed by atoms with E-state index in [-0.39, 0.29) is 48.7 Å². The second-order valence-corrected chi connectivity index (χ2v) is 7.85. The Labute approximate surface area is 185 Å². The molecule has 0 spiro atoms. The number of benzene rings is 1. The fourth-order valence-corrected chi connectivity index (χ4v) is 4.42. The normalized spacial score (nSPS) is 20.6. The third kappa shape index (κ3) is 4.76. The Balaban J connectivity index is 0.00000150. The van der Waals surface area contributed by atoms with Gasteiger partial charge in [-0.1, -0.05) is 37.3 Å². The second-order valence-electron chi connectivity index (χ2n) is 7.85. The Hall–Kier alpha value is -1.63. The van der Waals surface area contributed by atoms with Crippen molar-refractivity contribution < 1.29 is 4.79 Å². The first-order valence-corrected chi connectivity index (χ1v) is 10.2. The summed E-state index contributed by atoms with van der Waals surface area (Å²) < 4.78 is 2.25. The topological polar surface area (TPSA) is 77.0 Å². The highest BCUT2D eigenvalue weighted by Gasteiger charge is 2.36. The fourth-order valence-electron chi connectivity index (χ4n) is 4.42. The van der Waals surface area contributed by atoms with Crippen molar-refractivity contribution in [2.75, 3.05) is 6.54 Å². The average molecular weight is 440 g/mol. The molecular weight excluding hydrogens is 409 g/mol. The van der Waals surface area contributed by atoms with Gasteiger partial charge in [-0.25, -0.2) is 0 Å². The number of piperidine rings is 1. The van der Waals surface area contributed by atoms with Crippen molar-refractivity contribution in [2.45, 2.75) is 64.1 Å². The smallest absolute Gasteiger partial charge is 0.227 e. The Morgan fingerprint density at radius 3 is 2.55 bits per heavy atom. The molecule has 1 saturated heterocycles. The number of rotatable bonds is 4. The van der Waals surface area contributed by atoms with Gasteiger partial charge in [-0.05, 0) is 37.7 Å². The summed E-state index contributed by atoms with van der Waals surface area (Å²) in [6, 6.07) is 9.63. The van der Waals surface area contributed by atoms with Crippen LogP contribution < -0.4 is 5.73 Å². The molecule has 2 aliphatic rings. The molecule has 4 rings (SSSR count). The van der Waals surface area contributed by atoms with E-state index in [1.54, 1.807) is 0 Å². The van der Waals surface area contributed by atoms with E-state index in [9.17, 15) is 4.79 Å².